The fourth-order valence-corrected chi connectivity index (χ4v) is 11.8. The maximum Gasteiger partial charge on any atom is 0.254 e. The minimum atomic E-state index is -0.830. The molecule has 6 atom stereocenters. The van der Waals surface area contributed by atoms with Gasteiger partial charge in [-0.05, 0) is 73.2 Å². The lowest BCUT2D eigenvalue weighted by Gasteiger charge is -2.43. The molecule has 74 heavy (non-hydrogen) atoms. The van der Waals surface area contributed by atoms with Crippen molar-refractivity contribution in [2.45, 2.75) is 83.1 Å². The molecule has 4 aliphatic rings. The topological polar surface area (TPSA) is 225 Å². The molecule has 0 saturated carbocycles. The molecule has 8 heterocycles. The zero-order valence-electron chi connectivity index (χ0n) is 42.4. The molecule has 2 amide bonds. The Bertz CT molecular complexity index is 2880. The molecular formula is C54H66N12O7S. The van der Waals surface area contributed by atoms with Crippen molar-refractivity contribution in [3.63, 3.8) is 0 Å². The Morgan fingerprint density at radius 2 is 1.58 bits per heavy atom. The highest BCUT2D eigenvalue weighted by molar-refractivity contribution is 7.13. The quantitative estimate of drug-likeness (QED) is 0.0803. The van der Waals surface area contributed by atoms with E-state index >= 15 is 0 Å². The van der Waals surface area contributed by atoms with Crippen LogP contribution in [0.5, 0.6) is 17.5 Å². The predicted molar refractivity (Wildman–Crippen MR) is 282 cm³/mol. The maximum atomic E-state index is 14.2. The molecule has 19 nitrogen and oxygen atoms in total. The van der Waals surface area contributed by atoms with E-state index in [1.807, 2.05) is 81.9 Å². The fourth-order valence-electron chi connectivity index (χ4n) is 11.0. The van der Waals surface area contributed by atoms with E-state index < -0.39 is 18.1 Å². The van der Waals surface area contributed by atoms with Gasteiger partial charge >= 0.3 is 0 Å². The first-order chi connectivity index (χ1) is 35.9. The van der Waals surface area contributed by atoms with E-state index in [1.54, 1.807) is 29.5 Å². The van der Waals surface area contributed by atoms with Gasteiger partial charge in [-0.3, -0.25) is 19.4 Å². The summed E-state index contributed by atoms with van der Waals surface area (Å²) < 4.78 is 18.0. The molecule has 10 rings (SSSR count). The van der Waals surface area contributed by atoms with Gasteiger partial charge in [0, 0.05) is 107 Å². The number of nitrogens with zero attached hydrogens (tertiary/aromatic N) is 10. The number of anilines is 3. The van der Waals surface area contributed by atoms with Crippen LogP contribution in [0, 0.1) is 12.8 Å². The number of nitrogens with one attached hydrogen (secondary N) is 1. The lowest BCUT2D eigenvalue weighted by molar-refractivity contribution is -0.141. The number of amides is 2. The number of hydrogen-bond acceptors (Lipinski definition) is 18. The number of carbonyl (C=O) groups excluding carboxylic acids is 2. The van der Waals surface area contributed by atoms with Crippen LogP contribution in [0.1, 0.15) is 69.0 Å². The van der Waals surface area contributed by atoms with Crippen molar-refractivity contribution in [2.24, 2.45) is 5.92 Å². The first-order valence-electron chi connectivity index (χ1n) is 25.7. The van der Waals surface area contributed by atoms with Crippen LogP contribution in [0.15, 0.2) is 89.0 Å². The Morgan fingerprint density at radius 3 is 2.26 bits per heavy atom. The molecule has 0 radical (unpaired) electrons. The Labute approximate surface area is 435 Å². The third kappa shape index (κ3) is 11.1. The predicted octanol–water partition coefficient (Wildman–Crippen LogP) is 5.76. The summed E-state index contributed by atoms with van der Waals surface area (Å²) in [6.07, 6.45) is 3.28. The second-order valence-corrected chi connectivity index (χ2v) is 21.1. The van der Waals surface area contributed by atoms with Crippen molar-refractivity contribution in [2.75, 3.05) is 87.7 Å². The summed E-state index contributed by atoms with van der Waals surface area (Å²) in [7, 11) is 0. The lowest BCUT2D eigenvalue weighted by Crippen LogP contribution is -2.54. The standard InChI is InChI=1S/C54H66N12O7S/c1-33(2)50(54(70)65-31-41(67)26-45(65)53(69)58-34(3)36-9-11-37(12-10-36)51-35(4)57-32-74-51)47-28-49(61-73-47)72-24-22-63-19-17-62(18-20-63)21-23-71-48-25-38(15-16-56-48)66-39-13-14-40(66)30-64(29-39)44-27-43(59-60-52(44)55)42-7-5-6-8-46(42)68/h5-12,15-16,25,27-28,32-34,39-41,45,50,67-68H,13-14,17-24,26,29-31H2,1-4H3,(H2,55,60)(H,58,69)/t34-,39?,40?,41+,45-,50?/m0/s1. The summed E-state index contributed by atoms with van der Waals surface area (Å²) in [4.78, 5) is 49.0. The SMILES string of the molecule is Cc1ncsc1-c1ccc([C@H](C)NC(=O)[C@@H]2C[C@@H](O)CN2C(=O)C(c2cc(OCCN3CCN(CCOc4cc(N5C6CCC5CN(c5cc(-c7ccccc7O)nnc5N)C6)ccn4)CC3)no2)C(C)C)cc1. The summed E-state index contributed by atoms with van der Waals surface area (Å²) in [6.45, 7) is 15.3. The molecule has 4 aromatic heterocycles. The van der Waals surface area contributed by atoms with Crippen LogP contribution < -0.4 is 30.3 Å². The number of thiazole rings is 1. The van der Waals surface area contributed by atoms with E-state index in [9.17, 15) is 19.8 Å². The number of rotatable bonds is 18. The summed E-state index contributed by atoms with van der Waals surface area (Å²) in [6, 6.07) is 22.3. The summed E-state index contributed by atoms with van der Waals surface area (Å²) in [5.41, 5.74) is 14.3. The first kappa shape index (κ1) is 50.7. The molecule has 2 aromatic carbocycles. The van der Waals surface area contributed by atoms with Crippen molar-refractivity contribution in [1.82, 2.24) is 45.3 Å². The minimum Gasteiger partial charge on any atom is -0.507 e. The zero-order valence-corrected chi connectivity index (χ0v) is 43.2. The number of piperazine rings is 2. The average Bonchev–Trinajstić information content (AvgIpc) is 4.20. The Morgan fingerprint density at radius 1 is 0.878 bits per heavy atom. The molecule has 0 aliphatic carbocycles. The molecule has 2 bridgehead atoms. The van der Waals surface area contributed by atoms with Gasteiger partial charge in [0.05, 0.1) is 39.6 Å². The maximum absolute atomic E-state index is 14.2. The number of aromatic nitrogens is 5. The van der Waals surface area contributed by atoms with Crippen LogP contribution in [-0.4, -0.2) is 158 Å². The number of para-hydroxylation sites is 1. The first-order valence-corrected chi connectivity index (χ1v) is 26.6. The fraction of sp³-hybridized carbons (Fsp3) is 0.463. The number of ether oxygens (including phenoxy) is 2. The molecule has 4 saturated heterocycles. The van der Waals surface area contributed by atoms with E-state index in [1.165, 1.54) is 4.90 Å². The molecule has 390 valence electrons. The third-order valence-corrected chi connectivity index (χ3v) is 16.0. The number of hydrogen-bond donors (Lipinski definition) is 4. The lowest BCUT2D eigenvalue weighted by atomic mass is 9.91. The van der Waals surface area contributed by atoms with Crippen LogP contribution in [0.3, 0.4) is 0 Å². The van der Waals surface area contributed by atoms with Gasteiger partial charge in [-0.25, -0.2) is 9.97 Å². The number of benzene rings is 2. The number of aryl methyl sites for hydroxylation is 1. The van der Waals surface area contributed by atoms with Crippen molar-refractivity contribution in [3.8, 4) is 39.2 Å². The Balaban J connectivity index is 0.655. The second-order valence-electron chi connectivity index (χ2n) is 20.3. The van der Waals surface area contributed by atoms with Gasteiger partial charge in [0.1, 0.15) is 30.9 Å². The summed E-state index contributed by atoms with van der Waals surface area (Å²) in [5.74, 6) is 0.300. The molecule has 4 fully saturated rings. The molecule has 0 spiro atoms. The van der Waals surface area contributed by atoms with Crippen molar-refractivity contribution in [1.29, 1.82) is 0 Å². The van der Waals surface area contributed by atoms with Gasteiger partial charge in [0.25, 0.3) is 5.88 Å². The van der Waals surface area contributed by atoms with Gasteiger partial charge < -0.3 is 50.0 Å². The van der Waals surface area contributed by atoms with Crippen molar-refractivity contribution in [3.05, 3.63) is 102 Å². The van der Waals surface area contributed by atoms with E-state index in [0.29, 0.717) is 54.4 Å². The molecule has 3 unspecified atom stereocenters. The normalized spacial score (nSPS) is 21.0. The number of phenols is 1. The highest BCUT2D eigenvalue weighted by Gasteiger charge is 2.44. The number of pyridine rings is 1. The number of fused-ring (bicyclic) bond motifs is 2. The number of phenolic OH excluding ortho intramolecular Hbond substituents is 1. The van der Waals surface area contributed by atoms with Crippen molar-refractivity contribution >= 4 is 40.3 Å². The number of nitrogens with two attached hydrogens (primary N) is 1. The average molecular weight is 1030 g/mol. The number of carbonyl (C=O) groups is 2. The van der Waals surface area contributed by atoms with Crippen LogP contribution in [0.2, 0.25) is 0 Å². The second kappa shape index (κ2) is 22.3. The van der Waals surface area contributed by atoms with Gasteiger partial charge in [0.2, 0.25) is 17.7 Å². The zero-order chi connectivity index (χ0) is 51.5. The van der Waals surface area contributed by atoms with E-state index in [0.717, 1.165) is 91.7 Å². The van der Waals surface area contributed by atoms with Crippen LogP contribution in [0.4, 0.5) is 17.2 Å². The number of aliphatic hydroxyl groups is 1. The molecule has 6 aromatic rings. The Hall–Kier alpha value is -6.87. The molecule has 5 N–H and O–H groups in total. The smallest absolute Gasteiger partial charge is 0.254 e. The van der Waals surface area contributed by atoms with Crippen LogP contribution >= 0.6 is 11.3 Å². The molecule has 20 heteroatoms. The number of β-amino-alcohol motifs (C(OH)–C–C–N with tert-alkyl or cyclic N) is 1. The molecular weight excluding hydrogens is 961 g/mol. The monoisotopic (exact) mass is 1030 g/mol. The van der Waals surface area contributed by atoms with E-state index in [2.05, 4.69) is 62.4 Å². The molecule has 4 aliphatic heterocycles. The van der Waals surface area contributed by atoms with Crippen LogP contribution in [0.25, 0.3) is 21.7 Å². The van der Waals surface area contributed by atoms with Crippen LogP contribution in [-0.2, 0) is 9.59 Å². The number of aliphatic hydroxyl groups excluding tert-OH is 1. The highest BCUT2D eigenvalue weighted by Crippen LogP contribution is 2.40. The van der Waals surface area contributed by atoms with E-state index in [-0.39, 0.29) is 54.6 Å². The van der Waals surface area contributed by atoms with E-state index in [4.69, 9.17) is 19.7 Å². The van der Waals surface area contributed by atoms with Gasteiger partial charge in [-0.2, -0.15) is 0 Å². The van der Waals surface area contributed by atoms with Gasteiger partial charge in [-0.1, -0.05) is 50.2 Å². The number of aromatic hydroxyl groups is 1. The number of likely N-dealkylation sites (tertiary alicyclic amines) is 1. The highest BCUT2D eigenvalue weighted by atomic mass is 32.1. The van der Waals surface area contributed by atoms with Gasteiger partial charge in [-0.15, -0.1) is 21.5 Å². The Kier molecular flexibility index (Phi) is 15.3. The minimum absolute atomic E-state index is 0.0519. The summed E-state index contributed by atoms with van der Waals surface area (Å²) in [5, 5.41) is 37.0. The number of nitrogen functional groups attached to an aromatic ring is 1. The summed E-state index contributed by atoms with van der Waals surface area (Å²) >= 11 is 1.59. The van der Waals surface area contributed by atoms with Gasteiger partial charge in [0.15, 0.2) is 11.6 Å². The largest absolute Gasteiger partial charge is 0.507 e. The van der Waals surface area contributed by atoms with Crippen molar-refractivity contribution < 1.29 is 33.8 Å². The third-order valence-electron chi connectivity index (χ3n) is 15.0.